The SMILES string of the molecule is CCC(=O)CBr.CCc1cnc(-c2ccc3c(c2)Oc2ccccc2C3=C2CC3CCC(C2)N3)[nH]1.C[Si](C)(C)N[Si](C)(C)C.N=C(N)c1ccc2c(c1)Oc1ccccc1C2=C1CC2CCC(C1)N2C(=O)C(F)(F)F.O. The monoisotopic (exact) mass is 1140 g/mol. The van der Waals surface area contributed by atoms with E-state index < -0.39 is 40.6 Å². The van der Waals surface area contributed by atoms with Crippen LogP contribution in [0.5, 0.6) is 23.0 Å². The highest BCUT2D eigenvalue weighted by atomic mass is 79.9. The van der Waals surface area contributed by atoms with Crippen LogP contribution in [0.1, 0.15) is 105 Å². The molecule has 4 aromatic carbocycles. The lowest BCUT2D eigenvalue weighted by atomic mass is 9.83. The number of nitrogens with zero attached hydrogens (tertiary/aromatic N) is 2. The number of benzene rings is 4. The molecule has 4 fully saturated rings. The van der Waals surface area contributed by atoms with E-state index in [-0.39, 0.29) is 17.1 Å². The Morgan fingerprint density at radius 2 is 1.25 bits per heavy atom. The molecular formula is C58H73BrF3N7O5Si2. The molecule has 0 saturated carbocycles. The Bertz CT molecular complexity index is 2970. The third kappa shape index (κ3) is 13.5. The van der Waals surface area contributed by atoms with Gasteiger partial charge in [0.25, 0.3) is 0 Å². The minimum Gasteiger partial charge on any atom is -0.456 e. The first-order valence-electron chi connectivity index (χ1n) is 26.2. The number of imidazole rings is 1. The Hall–Kier alpha value is -5.64. The van der Waals surface area contributed by atoms with E-state index in [1.54, 1.807) is 17.7 Å². The Balaban J connectivity index is 0.000000173. The van der Waals surface area contributed by atoms with E-state index in [1.807, 2.05) is 43.5 Å². The fourth-order valence-corrected chi connectivity index (χ4v) is 20.9. The van der Waals surface area contributed by atoms with Crippen molar-refractivity contribution in [3.63, 3.8) is 0 Å². The van der Waals surface area contributed by atoms with E-state index in [0.717, 1.165) is 75.0 Å². The normalized spacial score (nSPS) is 19.8. The summed E-state index contributed by atoms with van der Waals surface area (Å²) in [4.78, 5) is 31.1. The number of carbonyl (C=O) groups is 2. The number of fused-ring (bicyclic) bond motifs is 8. The minimum absolute atomic E-state index is 0. The molecule has 12 nitrogen and oxygen atoms in total. The van der Waals surface area contributed by atoms with E-state index in [4.69, 9.17) is 20.6 Å². The Morgan fingerprint density at radius 3 is 1.70 bits per heavy atom. The zero-order chi connectivity index (χ0) is 54.0. The number of Topliss-reactive ketones (excluding diaryl/α,β-unsaturated/α-hetero) is 1. The standard InChI is InChI=1S/C25H25N3O.C23H20F3N3O2.C6H19NSi2.C4H7BrO.H2O/c1-2-17-14-26-25(28-17)15-7-10-21-23(13-15)29-22-6-4-3-5-20(22)24(21)16-11-18-8-9-19(12-16)27-18;24-23(25,26)22(30)29-14-6-7-15(29)10-13(9-14)20-16-3-1-2-4-18(16)31-19-11-12(21(27)28)5-8-17(19)20;1-8(2,3)7-9(4,5)6;1-2-4(6)3-5;/h3-7,10,13-14,18-19,27H,2,8-9,11-12H2,1H3,(H,26,28);1-5,8,11,14-15H,6-7,9-10H2,(H3,27,28);7H,1-6H3;2-3H2,1H3;1H2. The Morgan fingerprint density at radius 1 is 0.750 bits per heavy atom. The summed E-state index contributed by atoms with van der Waals surface area (Å²) < 4.78 is 55.5. The number of ketones is 1. The number of rotatable bonds is 7. The number of aryl methyl sites for hydroxylation is 1. The quantitative estimate of drug-likeness (QED) is 0.0451. The maximum Gasteiger partial charge on any atom is 0.471 e. The zero-order valence-electron chi connectivity index (χ0n) is 44.9. The number of piperidine rings is 2. The summed E-state index contributed by atoms with van der Waals surface area (Å²) in [6, 6.07) is 28.2. The highest BCUT2D eigenvalue weighted by Crippen LogP contribution is 2.51. The largest absolute Gasteiger partial charge is 0.471 e. The Labute approximate surface area is 455 Å². The van der Waals surface area contributed by atoms with Gasteiger partial charge in [0.05, 0.1) is 5.33 Å². The van der Waals surface area contributed by atoms with Gasteiger partial charge in [0.1, 0.15) is 56.9 Å². The average Bonchev–Trinajstić information content (AvgIpc) is 4.13. The maximum atomic E-state index is 13.1. The second-order valence-electron chi connectivity index (χ2n) is 22.3. The molecule has 8 N–H and O–H groups in total. The van der Waals surface area contributed by atoms with Gasteiger partial charge in [-0.3, -0.25) is 15.0 Å². The van der Waals surface area contributed by atoms with Crippen LogP contribution in [0.2, 0.25) is 39.3 Å². The van der Waals surface area contributed by atoms with Crippen molar-refractivity contribution in [2.24, 2.45) is 5.73 Å². The zero-order valence-corrected chi connectivity index (χ0v) is 48.5. The van der Waals surface area contributed by atoms with Gasteiger partial charge in [-0.2, -0.15) is 13.2 Å². The van der Waals surface area contributed by atoms with Crippen LogP contribution in [0, 0.1) is 5.41 Å². The minimum atomic E-state index is -4.85. The van der Waals surface area contributed by atoms with Crippen LogP contribution in [0.15, 0.2) is 102 Å². The van der Waals surface area contributed by atoms with Crippen LogP contribution >= 0.6 is 15.9 Å². The van der Waals surface area contributed by atoms with Crippen molar-refractivity contribution in [2.75, 3.05) is 5.33 Å². The van der Waals surface area contributed by atoms with Crippen LogP contribution in [0.25, 0.3) is 22.5 Å². The molecule has 4 bridgehead atoms. The third-order valence-electron chi connectivity index (χ3n) is 14.2. The van der Waals surface area contributed by atoms with Gasteiger partial charge in [0, 0.05) is 75.9 Å². The van der Waals surface area contributed by atoms with Crippen molar-refractivity contribution in [3.05, 3.63) is 136 Å². The fourth-order valence-electron chi connectivity index (χ4n) is 11.5. The summed E-state index contributed by atoms with van der Waals surface area (Å²) in [5, 5.41) is 12.0. The van der Waals surface area contributed by atoms with Gasteiger partial charge in [-0.05, 0) is 105 Å². The average molecular weight is 1140 g/mol. The van der Waals surface area contributed by atoms with E-state index in [2.05, 4.69) is 125 Å². The van der Waals surface area contributed by atoms with Gasteiger partial charge in [0.2, 0.25) is 0 Å². The van der Waals surface area contributed by atoms with Gasteiger partial charge in [0.15, 0.2) is 0 Å². The van der Waals surface area contributed by atoms with Crippen LogP contribution in [-0.4, -0.2) is 90.0 Å². The summed E-state index contributed by atoms with van der Waals surface area (Å²) in [7, 11) is -1.96. The molecule has 4 saturated heterocycles. The fraction of sp³-hybridized carbons (Fsp3) is 0.414. The first-order valence-corrected chi connectivity index (χ1v) is 34.3. The number of para-hydroxylation sites is 2. The van der Waals surface area contributed by atoms with Crippen molar-refractivity contribution in [3.8, 4) is 34.4 Å². The molecule has 1 amide bonds. The molecule has 18 heteroatoms. The second kappa shape index (κ2) is 23.9. The number of nitrogens with one attached hydrogen (secondary N) is 4. The molecular weight excluding hydrogens is 1070 g/mol. The number of carbonyl (C=O) groups excluding carboxylic acids is 2. The van der Waals surface area contributed by atoms with Crippen LogP contribution in [0.4, 0.5) is 13.2 Å². The van der Waals surface area contributed by atoms with Crippen LogP contribution in [0.3, 0.4) is 0 Å². The number of alkyl halides is 4. The number of amides is 1. The molecule has 7 heterocycles. The molecule has 4 atom stereocenters. The topological polar surface area (TPSA) is 190 Å². The van der Waals surface area contributed by atoms with Crippen molar-refractivity contribution < 1.29 is 37.7 Å². The van der Waals surface area contributed by atoms with E-state index >= 15 is 0 Å². The summed E-state index contributed by atoms with van der Waals surface area (Å²) in [6.45, 7) is 18.1. The second-order valence-corrected chi connectivity index (χ2v) is 32.9. The number of H-pyrrole nitrogens is 1. The number of nitrogens with two attached hydrogens (primary N) is 1. The van der Waals surface area contributed by atoms with Crippen LogP contribution < -0.4 is 25.2 Å². The van der Waals surface area contributed by atoms with E-state index in [1.165, 1.54) is 29.5 Å². The molecule has 406 valence electrons. The van der Waals surface area contributed by atoms with Crippen molar-refractivity contribution >= 4 is 61.1 Å². The first-order chi connectivity index (χ1) is 35.5. The number of hydrogen-bond donors (Lipinski definition) is 5. The molecule has 5 aromatic rings. The molecule has 0 radical (unpaired) electrons. The molecule has 76 heavy (non-hydrogen) atoms. The van der Waals surface area contributed by atoms with Crippen molar-refractivity contribution in [1.82, 2.24) is 24.8 Å². The van der Waals surface area contributed by atoms with E-state index in [9.17, 15) is 22.8 Å². The highest BCUT2D eigenvalue weighted by Gasteiger charge is 2.51. The highest BCUT2D eigenvalue weighted by molar-refractivity contribution is 9.09. The van der Waals surface area contributed by atoms with Gasteiger partial charge in [-0.1, -0.05) is 129 Å². The van der Waals surface area contributed by atoms with Crippen LogP contribution in [-0.2, 0) is 16.0 Å². The third-order valence-corrected chi connectivity index (χ3v) is 20.9. The van der Waals surface area contributed by atoms with Gasteiger partial charge in [-0.25, -0.2) is 4.98 Å². The smallest absolute Gasteiger partial charge is 0.456 e. The number of ether oxygens (including phenoxy) is 2. The molecule has 0 aliphatic carbocycles. The summed E-state index contributed by atoms with van der Waals surface area (Å²) in [5.41, 5.74) is 17.5. The van der Waals surface area contributed by atoms with Gasteiger partial charge in [-0.15, -0.1) is 0 Å². The molecule has 1 aromatic heterocycles. The number of halogens is 4. The van der Waals surface area contributed by atoms with Gasteiger partial charge < -0.3 is 40.5 Å². The lowest BCUT2D eigenvalue weighted by Crippen LogP contribution is -2.55. The molecule has 0 spiro atoms. The first kappa shape index (κ1) is 58.1. The number of aromatic amines is 1. The maximum absolute atomic E-state index is 13.1. The van der Waals surface area contributed by atoms with Crippen molar-refractivity contribution in [1.29, 1.82) is 5.41 Å². The van der Waals surface area contributed by atoms with Gasteiger partial charge >= 0.3 is 12.1 Å². The lowest BCUT2D eigenvalue weighted by molar-refractivity contribution is -0.189. The molecule has 6 aliphatic heterocycles. The predicted molar refractivity (Wildman–Crippen MR) is 307 cm³/mol. The Kier molecular flexibility index (Phi) is 18.3. The number of nitrogen functional groups attached to an aromatic ring is 1. The van der Waals surface area contributed by atoms with E-state index in [0.29, 0.717) is 66.6 Å². The predicted octanol–water partition coefficient (Wildman–Crippen LogP) is 12.8. The van der Waals surface area contributed by atoms with Crippen molar-refractivity contribution in [2.45, 2.75) is 148 Å². The number of amidine groups is 1. The summed E-state index contributed by atoms with van der Waals surface area (Å²) >= 11 is 3.03. The summed E-state index contributed by atoms with van der Waals surface area (Å²) in [6.07, 6.45) is 5.46. The summed E-state index contributed by atoms with van der Waals surface area (Å²) in [5.74, 6) is 2.47. The molecule has 11 rings (SSSR count). The molecule has 6 aliphatic rings. The lowest BCUT2D eigenvalue weighted by Gasteiger charge is -2.38. The molecule has 4 unspecified atom stereocenters. The number of hydrogen-bond acceptors (Lipinski definition) is 8. The number of aromatic nitrogens is 2.